The van der Waals surface area contributed by atoms with Gasteiger partial charge in [0.15, 0.2) is 0 Å². The topological polar surface area (TPSA) is 60.5 Å². The number of amides is 1. The Morgan fingerprint density at radius 3 is 3.08 bits per heavy atom. The summed E-state index contributed by atoms with van der Waals surface area (Å²) in [6, 6.07) is 11.0. The first kappa shape index (κ1) is 16.6. The number of aromatic nitrogens is 1. The van der Waals surface area contributed by atoms with Gasteiger partial charge in [-0.2, -0.15) is 11.8 Å². The summed E-state index contributed by atoms with van der Waals surface area (Å²) in [6.45, 7) is 0.438. The third-order valence-corrected chi connectivity index (χ3v) is 4.89. The number of nitrogens with one attached hydrogen (secondary N) is 1. The predicted molar refractivity (Wildman–Crippen MR) is 94.8 cm³/mol. The largest absolute Gasteiger partial charge is 0.497 e. The number of benzene rings is 1. The molecule has 1 atom stereocenters. The molecule has 0 aliphatic carbocycles. The van der Waals surface area contributed by atoms with E-state index in [1.54, 1.807) is 25.4 Å². The van der Waals surface area contributed by atoms with E-state index in [4.69, 9.17) is 9.47 Å². The molecule has 1 aliphatic heterocycles. The summed E-state index contributed by atoms with van der Waals surface area (Å²) in [4.78, 5) is 16.5. The van der Waals surface area contributed by atoms with Gasteiger partial charge in [-0.3, -0.25) is 4.79 Å². The highest BCUT2D eigenvalue weighted by atomic mass is 32.2. The Morgan fingerprint density at radius 1 is 1.38 bits per heavy atom. The fourth-order valence-corrected chi connectivity index (χ4v) is 3.55. The predicted octanol–water partition coefficient (Wildman–Crippen LogP) is 2.90. The highest BCUT2D eigenvalue weighted by Crippen LogP contribution is 2.22. The number of ether oxygens (including phenoxy) is 2. The van der Waals surface area contributed by atoms with Crippen LogP contribution in [0.15, 0.2) is 42.6 Å². The number of rotatable bonds is 6. The summed E-state index contributed by atoms with van der Waals surface area (Å²) in [5.41, 5.74) is 1.53. The first-order valence-corrected chi connectivity index (χ1v) is 9.01. The number of nitrogens with zero attached hydrogens (tertiary/aromatic N) is 1. The minimum Gasteiger partial charge on any atom is -0.497 e. The Morgan fingerprint density at radius 2 is 2.29 bits per heavy atom. The quantitative estimate of drug-likeness (QED) is 0.873. The van der Waals surface area contributed by atoms with Crippen LogP contribution in [0.1, 0.15) is 22.3 Å². The van der Waals surface area contributed by atoms with Gasteiger partial charge in [0.25, 0.3) is 5.91 Å². The van der Waals surface area contributed by atoms with E-state index >= 15 is 0 Å². The van der Waals surface area contributed by atoms with Crippen molar-refractivity contribution >= 4 is 17.7 Å². The number of pyridine rings is 1. The zero-order valence-electron chi connectivity index (χ0n) is 13.5. The Bertz CT molecular complexity index is 702. The number of hydrogen-bond acceptors (Lipinski definition) is 5. The maximum atomic E-state index is 12.3. The summed E-state index contributed by atoms with van der Waals surface area (Å²) in [5, 5.41) is 2.91. The van der Waals surface area contributed by atoms with Gasteiger partial charge in [-0.25, -0.2) is 4.98 Å². The first-order valence-electron chi connectivity index (χ1n) is 7.86. The van der Waals surface area contributed by atoms with Crippen molar-refractivity contribution in [3.05, 3.63) is 53.7 Å². The lowest BCUT2D eigenvalue weighted by molar-refractivity contribution is 0.0949. The van der Waals surface area contributed by atoms with E-state index in [9.17, 15) is 4.79 Å². The fraction of sp³-hybridized carbons (Fsp3) is 0.333. The van der Waals surface area contributed by atoms with Crippen LogP contribution in [0.2, 0.25) is 0 Å². The van der Waals surface area contributed by atoms with Crippen LogP contribution in [0.4, 0.5) is 0 Å². The molecule has 1 fully saturated rings. The number of thioether (sulfide) groups is 1. The van der Waals surface area contributed by atoms with Crippen LogP contribution in [0.5, 0.6) is 11.6 Å². The molecular formula is C18H20N2O3S. The lowest BCUT2D eigenvalue weighted by atomic mass is 10.2. The van der Waals surface area contributed by atoms with Gasteiger partial charge < -0.3 is 14.8 Å². The second-order valence-corrected chi connectivity index (χ2v) is 6.67. The second kappa shape index (κ2) is 8.06. The highest BCUT2D eigenvalue weighted by Gasteiger charge is 2.18. The van der Waals surface area contributed by atoms with E-state index in [0.29, 0.717) is 18.0 Å². The molecule has 24 heavy (non-hydrogen) atoms. The average Bonchev–Trinajstić information content (AvgIpc) is 3.13. The number of hydrogen-bond donors (Lipinski definition) is 1. The Kier molecular flexibility index (Phi) is 5.59. The molecule has 1 N–H and O–H groups in total. The van der Waals surface area contributed by atoms with Crippen molar-refractivity contribution in [2.45, 2.75) is 19.1 Å². The van der Waals surface area contributed by atoms with Crippen molar-refractivity contribution < 1.29 is 14.3 Å². The Labute approximate surface area is 145 Å². The van der Waals surface area contributed by atoms with Crippen LogP contribution in [0.3, 0.4) is 0 Å². The van der Waals surface area contributed by atoms with Crippen molar-refractivity contribution in [2.24, 2.45) is 0 Å². The van der Waals surface area contributed by atoms with Crippen molar-refractivity contribution in [3.8, 4) is 11.6 Å². The molecule has 126 valence electrons. The molecule has 2 heterocycles. The monoisotopic (exact) mass is 344 g/mol. The number of carbonyl (C=O) groups is 1. The molecular weight excluding hydrogens is 324 g/mol. The van der Waals surface area contributed by atoms with Crippen LogP contribution >= 0.6 is 11.8 Å². The molecule has 1 saturated heterocycles. The molecule has 1 amide bonds. The molecule has 5 nitrogen and oxygen atoms in total. The summed E-state index contributed by atoms with van der Waals surface area (Å²) in [6.07, 6.45) is 2.83. The van der Waals surface area contributed by atoms with Crippen molar-refractivity contribution in [3.63, 3.8) is 0 Å². The van der Waals surface area contributed by atoms with Gasteiger partial charge in [0, 0.05) is 30.1 Å². The SMILES string of the molecule is COc1cccc(CNC(=O)c2ccnc(OC3CCSC3)c2)c1. The Hall–Kier alpha value is -2.21. The molecule has 0 spiro atoms. The maximum Gasteiger partial charge on any atom is 0.251 e. The molecule has 1 aromatic heterocycles. The van der Waals surface area contributed by atoms with Gasteiger partial charge in [-0.05, 0) is 35.9 Å². The minimum atomic E-state index is -0.147. The molecule has 0 bridgehead atoms. The van der Waals surface area contributed by atoms with Crippen LogP contribution in [0.25, 0.3) is 0 Å². The van der Waals surface area contributed by atoms with Crippen LogP contribution in [-0.2, 0) is 6.54 Å². The van der Waals surface area contributed by atoms with E-state index in [2.05, 4.69) is 10.3 Å². The van der Waals surface area contributed by atoms with Gasteiger partial charge in [-0.1, -0.05) is 12.1 Å². The number of methoxy groups -OCH3 is 1. The molecule has 1 aliphatic rings. The van der Waals surface area contributed by atoms with Crippen molar-refractivity contribution in [2.75, 3.05) is 18.6 Å². The van der Waals surface area contributed by atoms with Gasteiger partial charge in [0.05, 0.1) is 7.11 Å². The first-order chi connectivity index (χ1) is 11.7. The molecule has 3 rings (SSSR count). The smallest absolute Gasteiger partial charge is 0.251 e. The third kappa shape index (κ3) is 4.41. The Balaban J connectivity index is 1.59. The van der Waals surface area contributed by atoms with Crippen molar-refractivity contribution in [1.29, 1.82) is 0 Å². The van der Waals surface area contributed by atoms with E-state index < -0.39 is 0 Å². The van der Waals surface area contributed by atoms with Crippen LogP contribution < -0.4 is 14.8 Å². The van der Waals surface area contributed by atoms with E-state index in [1.165, 1.54) is 0 Å². The lowest BCUT2D eigenvalue weighted by Gasteiger charge is -2.12. The molecule has 0 radical (unpaired) electrons. The number of carbonyl (C=O) groups excluding carboxylic acids is 1. The van der Waals surface area contributed by atoms with Crippen molar-refractivity contribution in [1.82, 2.24) is 10.3 Å². The minimum absolute atomic E-state index is 0.147. The zero-order valence-corrected chi connectivity index (χ0v) is 14.3. The van der Waals surface area contributed by atoms with Crippen LogP contribution in [0, 0.1) is 0 Å². The van der Waals surface area contributed by atoms with E-state index in [0.717, 1.165) is 29.2 Å². The van der Waals surface area contributed by atoms with Gasteiger partial charge >= 0.3 is 0 Å². The highest BCUT2D eigenvalue weighted by molar-refractivity contribution is 7.99. The van der Waals surface area contributed by atoms with E-state index in [-0.39, 0.29) is 12.0 Å². The summed E-state index contributed by atoms with van der Waals surface area (Å²) in [5.74, 6) is 3.23. The molecule has 1 aromatic carbocycles. The van der Waals surface area contributed by atoms with Gasteiger partial charge in [-0.15, -0.1) is 0 Å². The summed E-state index contributed by atoms with van der Waals surface area (Å²) >= 11 is 1.88. The van der Waals surface area contributed by atoms with Gasteiger partial charge in [0.2, 0.25) is 5.88 Å². The lowest BCUT2D eigenvalue weighted by Crippen LogP contribution is -2.23. The zero-order chi connectivity index (χ0) is 16.8. The maximum absolute atomic E-state index is 12.3. The molecule has 1 unspecified atom stereocenters. The fourth-order valence-electron chi connectivity index (χ4n) is 2.46. The van der Waals surface area contributed by atoms with Crippen LogP contribution in [-0.4, -0.2) is 35.6 Å². The van der Waals surface area contributed by atoms with E-state index in [1.807, 2.05) is 36.0 Å². The summed E-state index contributed by atoms with van der Waals surface area (Å²) < 4.78 is 11.0. The second-order valence-electron chi connectivity index (χ2n) is 5.52. The molecule has 2 aromatic rings. The standard InChI is InChI=1S/C18H20N2O3S/c1-22-15-4-2-3-13(9-15)11-20-18(21)14-5-7-19-17(10-14)23-16-6-8-24-12-16/h2-5,7,9-10,16H,6,8,11-12H2,1H3,(H,20,21). The molecule has 0 saturated carbocycles. The average molecular weight is 344 g/mol. The normalized spacial score (nSPS) is 16.6. The summed E-state index contributed by atoms with van der Waals surface area (Å²) in [7, 11) is 1.62. The van der Waals surface area contributed by atoms with Gasteiger partial charge in [0.1, 0.15) is 11.9 Å². The third-order valence-electron chi connectivity index (χ3n) is 3.76. The molecule has 6 heteroatoms.